The molecule has 122 valence electrons. The second kappa shape index (κ2) is 9.11. The van der Waals surface area contributed by atoms with Gasteiger partial charge in [0.25, 0.3) is 0 Å². The Morgan fingerprint density at radius 1 is 0.957 bits per heavy atom. The Labute approximate surface area is 138 Å². The normalized spacial score (nSPS) is 11.1. The zero-order valence-corrected chi connectivity index (χ0v) is 13.7. The van der Waals surface area contributed by atoms with Crippen molar-refractivity contribution in [3.8, 4) is 0 Å². The van der Waals surface area contributed by atoms with E-state index in [4.69, 9.17) is 5.11 Å². The van der Waals surface area contributed by atoms with Crippen LogP contribution in [0.4, 0.5) is 0 Å². The SMILES string of the molecule is CN(CCC(=O)O)CC(Cc1ccccc1)Cc1ccccc1. The lowest BCUT2D eigenvalue weighted by atomic mass is 9.92. The van der Waals surface area contributed by atoms with Crippen LogP contribution in [0.25, 0.3) is 0 Å². The van der Waals surface area contributed by atoms with Crippen LogP contribution in [0.1, 0.15) is 17.5 Å². The summed E-state index contributed by atoms with van der Waals surface area (Å²) in [7, 11) is 2.01. The molecule has 0 aromatic heterocycles. The van der Waals surface area contributed by atoms with E-state index in [1.54, 1.807) is 0 Å². The zero-order valence-electron chi connectivity index (χ0n) is 13.7. The van der Waals surface area contributed by atoms with Crippen molar-refractivity contribution in [3.05, 3.63) is 71.8 Å². The van der Waals surface area contributed by atoms with Crippen molar-refractivity contribution >= 4 is 5.97 Å². The molecule has 0 spiro atoms. The quantitative estimate of drug-likeness (QED) is 0.770. The molecule has 0 aliphatic carbocycles. The van der Waals surface area contributed by atoms with Crippen LogP contribution in [0.3, 0.4) is 0 Å². The predicted molar refractivity (Wildman–Crippen MR) is 93.5 cm³/mol. The minimum Gasteiger partial charge on any atom is -0.481 e. The van der Waals surface area contributed by atoms with Gasteiger partial charge in [0, 0.05) is 13.1 Å². The van der Waals surface area contributed by atoms with Gasteiger partial charge in [-0.1, -0.05) is 60.7 Å². The smallest absolute Gasteiger partial charge is 0.304 e. The van der Waals surface area contributed by atoms with Crippen LogP contribution in [0, 0.1) is 5.92 Å². The fourth-order valence-corrected chi connectivity index (χ4v) is 2.91. The Morgan fingerprint density at radius 2 is 1.43 bits per heavy atom. The first-order valence-corrected chi connectivity index (χ1v) is 8.11. The van der Waals surface area contributed by atoms with E-state index >= 15 is 0 Å². The molecule has 23 heavy (non-hydrogen) atoms. The molecular formula is C20H25NO2. The van der Waals surface area contributed by atoms with Crippen molar-refractivity contribution in [2.45, 2.75) is 19.3 Å². The van der Waals surface area contributed by atoms with Gasteiger partial charge in [-0.25, -0.2) is 0 Å². The third-order valence-corrected chi connectivity index (χ3v) is 4.01. The van der Waals surface area contributed by atoms with Crippen LogP contribution in [0.2, 0.25) is 0 Å². The summed E-state index contributed by atoms with van der Waals surface area (Å²) in [5.74, 6) is -0.266. The van der Waals surface area contributed by atoms with E-state index in [-0.39, 0.29) is 6.42 Å². The first-order valence-electron chi connectivity index (χ1n) is 8.11. The first-order chi connectivity index (χ1) is 11.1. The molecule has 1 N–H and O–H groups in total. The van der Waals surface area contributed by atoms with E-state index in [0.717, 1.165) is 19.4 Å². The predicted octanol–water partition coefficient (Wildman–Crippen LogP) is 3.49. The standard InChI is InChI=1S/C20H25NO2/c1-21(13-12-20(22)23)16-19(14-17-8-4-2-5-9-17)15-18-10-6-3-7-11-18/h2-11,19H,12-16H2,1H3,(H,22,23). The molecule has 0 bridgehead atoms. The molecule has 0 fully saturated rings. The van der Waals surface area contributed by atoms with Gasteiger partial charge in [0.2, 0.25) is 0 Å². The molecule has 0 atom stereocenters. The molecule has 3 nitrogen and oxygen atoms in total. The maximum Gasteiger partial charge on any atom is 0.304 e. The summed E-state index contributed by atoms with van der Waals surface area (Å²) >= 11 is 0. The van der Waals surface area contributed by atoms with Crippen molar-refractivity contribution in [2.75, 3.05) is 20.1 Å². The topological polar surface area (TPSA) is 40.5 Å². The molecule has 0 aliphatic rings. The highest BCUT2D eigenvalue weighted by Crippen LogP contribution is 2.16. The second-order valence-corrected chi connectivity index (χ2v) is 6.15. The molecular weight excluding hydrogens is 286 g/mol. The van der Waals surface area contributed by atoms with Crippen molar-refractivity contribution in [1.82, 2.24) is 4.90 Å². The number of nitrogens with zero attached hydrogens (tertiary/aromatic N) is 1. The molecule has 0 radical (unpaired) electrons. The molecule has 0 amide bonds. The number of benzene rings is 2. The molecule has 0 saturated carbocycles. The summed E-state index contributed by atoms with van der Waals surface area (Å²) in [6, 6.07) is 21.0. The fourth-order valence-electron chi connectivity index (χ4n) is 2.91. The molecule has 3 heteroatoms. The Balaban J connectivity index is 2.00. The van der Waals surface area contributed by atoms with Crippen LogP contribution in [0.5, 0.6) is 0 Å². The number of carboxylic acid groups (broad SMARTS) is 1. The van der Waals surface area contributed by atoms with Gasteiger partial charge in [-0.15, -0.1) is 0 Å². The Bertz CT molecular complexity index is 542. The highest BCUT2D eigenvalue weighted by molar-refractivity contribution is 5.66. The van der Waals surface area contributed by atoms with E-state index < -0.39 is 5.97 Å². The maximum absolute atomic E-state index is 10.7. The lowest BCUT2D eigenvalue weighted by Crippen LogP contribution is -2.30. The third-order valence-electron chi connectivity index (χ3n) is 4.01. The van der Waals surface area contributed by atoms with Crippen molar-refractivity contribution in [2.24, 2.45) is 5.92 Å². The Hall–Kier alpha value is -2.13. The van der Waals surface area contributed by atoms with Crippen LogP contribution in [-0.2, 0) is 17.6 Å². The van der Waals surface area contributed by atoms with Gasteiger partial charge in [-0.3, -0.25) is 4.79 Å². The Kier molecular flexibility index (Phi) is 6.82. The minimum absolute atomic E-state index is 0.194. The molecule has 0 heterocycles. The molecule has 0 saturated heterocycles. The average molecular weight is 311 g/mol. The molecule has 2 rings (SSSR count). The van der Waals surface area contributed by atoms with Gasteiger partial charge in [0.1, 0.15) is 0 Å². The first kappa shape index (κ1) is 17.2. The van der Waals surface area contributed by atoms with Gasteiger partial charge in [0.15, 0.2) is 0 Å². The monoisotopic (exact) mass is 311 g/mol. The highest BCUT2D eigenvalue weighted by atomic mass is 16.4. The second-order valence-electron chi connectivity index (χ2n) is 6.15. The van der Waals surface area contributed by atoms with Gasteiger partial charge >= 0.3 is 5.97 Å². The van der Waals surface area contributed by atoms with Crippen molar-refractivity contribution < 1.29 is 9.90 Å². The number of carbonyl (C=O) groups is 1. The maximum atomic E-state index is 10.7. The number of hydrogen-bond donors (Lipinski definition) is 1. The van der Waals surface area contributed by atoms with E-state index in [0.29, 0.717) is 12.5 Å². The van der Waals surface area contributed by atoms with E-state index in [9.17, 15) is 4.79 Å². The third kappa shape index (κ3) is 6.66. The van der Waals surface area contributed by atoms with Crippen LogP contribution in [-0.4, -0.2) is 36.1 Å². The van der Waals surface area contributed by atoms with Gasteiger partial charge in [-0.05, 0) is 36.9 Å². The summed E-state index contributed by atoms with van der Waals surface area (Å²) in [6.45, 7) is 1.49. The van der Waals surface area contributed by atoms with E-state index in [2.05, 4.69) is 53.4 Å². The molecule has 2 aromatic rings. The van der Waals surface area contributed by atoms with Gasteiger partial charge in [-0.2, -0.15) is 0 Å². The van der Waals surface area contributed by atoms with Crippen molar-refractivity contribution in [3.63, 3.8) is 0 Å². The van der Waals surface area contributed by atoms with E-state index in [1.807, 2.05) is 19.2 Å². The van der Waals surface area contributed by atoms with Crippen LogP contribution >= 0.6 is 0 Å². The summed E-state index contributed by atoms with van der Waals surface area (Å²) < 4.78 is 0. The largest absolute Gasteiger partial charge is 0.481 e. The zero-order chi connectivity index (χ0) is 16.5. The Morgan fingerprint density at radius 3 is 1.87 bits per heavy atom. The summed E-state index contributed by atoms with van der Waals surface area (Å²) in [5, 5.41) is 8.84. The minimum atomic E-state index is -0.737. The summed E-state index contributed by atoms with van der Waals surface area (Å²) in [5.41, 5.74) is 2.67. The molecule has 0 unspecified atom stereocenters. The summed E-state index contributed by atoms with van der Waals surface area (Å²) in [4.78, 5) is 12.9. The number of carboxylic acids is 1. The summed E-state index contributed by atoms with van der Waals surface area (Å²) in [6.07, 6.45) is 2.21. The van der Waals surface area contributed by atoms with Crippen LogP contribution < -0.4 is 0 Å². The fraction of sp³-hybridized carbons (Fsp3) is 0.350. The average Bonchev–Trinajstić information content (AvgIpc) is 2.55. The number of hydrogen-bond acceptors (Lipinski definition) is 2. The van der Waals surface area contributed by atoms with Gasteiger partial charge < -0.3 is 10.0 Å². The molecule has 0 aliphatic heterocycles. The lowest BCUT2D eigenvalue weighted by Gasteiger charge is -2.24. The lowest BCUT2D eigenvalue weighted by molar-refractivity contribution is -0.137. The number of aliphatic carboxylic acids is 1. The highest BCUT2D eigenvalue weighted by Gasteiger charge is 2.14. The number of rotatable bonds is 9. The van der Waals surface area contributed by atoms with Gasteiger partial charge in [0.05, 0.1) is 6.42 Å². The molecule has 2 aromatic carbocycles. The van der Waals surface area contributed by atoms with E-state index in [1.165, 1.54) is 11.1 Å². The van der Waals surface area contributed by atoms with Crippen molar-refractivity contribution in [1.29, 1.82) is 0 Å². The van der Waals surface area contributed by atoms with Crippen LogP contribution in [0.15, 0.2) is 60.7 Å².